The molecule has 2 aliphatic rings. The number of aliphatic imine (C=N–C) groups is 1. The number of amides is 3. The van der Waals surface area contributed by atoms with Crippen molar-refractivity contribution in [3.63, 3.8) is 0 Å². The van der Waals surface area contributed by atoms with Gasteiger partial charge in [-0.05, 0) is 55.2 Å². The number of nitrogens with one attached hydrogen (secondary N) is 2. The third-order valence-corrected chi connectivity index (χ3v) is 7.98. The van der Waals surface area contributed by atoms with Gasteiger partial charge < -0.3 is 15.5 Å². The van der Waals surface area contributed by atoms with Gasteiger partial charge in [-0.2, -0.15) is 4.99 Å². The molecule has 10 nitrogen and oxygen atoms in total. The first-order valence-electron chi connectivity index (χ1n) is 11.5. The molecule has 36 heavy (non-hydrogen) atoms. The van der Waals surface area contributed by atoms with E-state index in [4.69, 9.17) is 5.14 Å². The molecule has 0 aliphatic carbocycles. The summed E-state index contributed by atoms with van der Waals surface area (Å²) in [6.45, 7) is 1.95. The number of piperidine rings is 1. The Labute approximate surface area is 213 Å². The Morgan fingerprint density at radius 2 is 1.81 bits per heavy atom. The molecule has 190 valence electrons. The second-order valence-electron chi connectivity index (χ2n) is 8.59. The van der Waals surface area contributed by atoms with Gasteiger partial charge in [0, 0.05) is 37.3 Å². The van der Waals surface area contributed by atoms with Crippen LogP contribution in [0.5, 0.6) is 0 Å². The fourth-order valence-corrected chi connectivity index (χ4v) is 5.56. The second kappa shape index (κ2) is 11.2. The van der Waals surface area contributed by atoms with Gasteiger partial charge in [0.2, 0.25) is 15.9 Å². The number of nitrogens with two attached hydrogens (primary N) is 1. The topological polar surface area (TPSA) is 151 Å². The number of amidine groups is 1. The van der Waals surface area contributed by atoms with Crippen molar-refractivity contribution in [2.75, 3.05) is 18.4 Å². The lowest BCUT2D eigenvalue weighted by Crippen LogP contribution is -2.33. The summed E-state index contributed by atoms with van der Waals surface area (Å²) in [5.74, 6) is -0.980. The van der Waals surface area contributed by atoms with Crippen molar-refractivity contribution in [2.45, 2.75) is 42.4 Å². The molecular formula is C24H27N5O5S2. The van der Waals surface area contributed by atoms with Gasteiger partial charge in [0.15, 0.2) is 5.17 Å². The van der Waals surface area contributed by atoms with Gasteiger partial charge in [0.05, 0.1) is 4.90 Å². The maximum atomic E-state index is 12.6. The van der Waals surface area contributed by atoms with Gasteiger partial charge in [0.1, 0.15) is 5.25 Å². The number of carbonyl (C=O) groups excluding carboxylic acids is 3. The number of carbonyl (C=O) groups is 3. The van der Waals surface area contributed by atoms with Gasteiger partial charge in [-0.1, -0.05) is 30.0 Å². The number of sulfonamides is 1. The molecule has 0 aromatic heterocycles. The van der Waals surface area contributed by atoms with Crippen LogP contribution in [0.2, 0.25) is 0 Å². The number of thioether (sulfide) groups is 1. The Morgan fingerprint density at radius 3 is 2.50 bits per heavy atom. The molecule has 3 amide bonds. The molecule has 2 aromatic carbocycles. The summed E-state index contributed by atoms with van der Waals surface area (Å²) in [5, 5.41) is 10.8. The fraction of sp³-hybridized carbons (Fsp3) is 0.333. The molecule has 1 saturated heterocycles. The highest BCUT2D eigenvalue weighted by atomic mass is 32.2. The monoisotopic (exact) mass is 529 g/mol. The average molecular weight is 530 g/mol. The predicted octanol–water partition coefficient (Wildman–Crippen LogP) is 2.08. The molecule has 4 rings (SSSR count). The van der Waals surface area contributed by atoms with Crippen LogP contribution in [0, 0.1) is 0 Å². The minimum Gasteiger partial charge on any atom is -0.351 e. The standard InChI is InChI=1S/C24H27N5O5S2/c25-36(33,34)19-9-7-16(8-10-19)15-26-22(31)17-5-4-6-18(13-17)27-21(30)14-20-23(32)28-24(35-20)29-11-2-1-3-12-29/h4-10,13,20H,1-3,11-12,14-15H2,(H,26,31)(H,27,30)(H2,25,33,34)/t20-/m1/s1. The first kappa shape index (κ1) is 25.9. The number of rotatable bonds is 7. The molecular weight excluding hydrogens is 502 g/mol. The summed E-state index contributed by atoms with van der Waals surface area (Å²) in [4.78, 5) is 43.7. The van der Waals surface area contributed by atoms with Crippen molar-refractivity contribution >= 4 is 50.4 Å². The van der Waals surface area contributed by atoms with E-state index in [0.29, 0.717) is 22.0 Å². The zero-order chi connectivity index (χ0) is 25.7. The van der Waals surface area contributed by atoms with Crippen molar-refractivity contribution in [3.8, 4) is 0 Å². The van der Waals surface area contributed by atoms with Crippen LogP contribution in [0.3, 0.4) is 0 Å². The summed E-state index contributed by atoms with van der Waals surface area (Å²) in [7, 11) is -3.78. The van der Waals surface area contributed by atoms with Crippen LogP contribution >= 0.6 is 11.8 Å². The zero-order valence-electron chi connectivity index (χ0n) is 19.5. The van der Waals surface area contributed by atoms with Gasteiger partial charge in [-0.3, -0.25) is 14.4 Å². The van der Waals surface area contributed by atoms with E-state index in [1.165, 1.54) is 30.3 Å². The molecule has 1 fully saturated rings. The molecule has 0 spiro atoms. The number of nitrogens with zero attached hydrogens (tertiary/aromatic N) is 2. The van der Waals surface area contributed by atoms with Gasteiger partial charge in [-0.15, -0.1) is 0 Å². The fourth-order valence-electron chi connectivity index (χ4n) is 3.93. The SMILES string of the molecule is NS(=O)(=O)c1ccc(CNC(=O)c2cccc(NC(=O)C[C@H]3SC(N4CCCCC4)=NC3=O)c2)cc1. The molecule has 0 saturated carbocycles. The molecule has 0 bridgehead atoms. The second-order valence-corrected chi connectivity index (χ2v) is 11.3. The lowest BCUT2D eigenvalue weighted by atomic mass is 10.1. The third kappa shape index (κ3) is 6.71. The van der Waals surface area contributed by atoms with Gasteiger partial charge >= 0.3 is 0 Å². The Bertz CT molecular complexity index is 1290. The number of anilines is 1. The molecule has 2 heterocycles. The molecule has 0 unspecified atom stereocenters. The molecule has 1 atom stereocenters. The highest BCUT2D eigenvalue weighted by Gasteiger charge is 2.33. The van der Waals surface area contributed by atoms with Crippen LogP contribution in [0.25, 0.3) is 0 Å². The van der Waals surface area contributed by atoms with Crippen molar-refractivity contribution in [1.29, 1.82) is 0 Å². The number of hydrogen-bond donors (Lipinski definition) is 3. The summed E-state index contributed by atoms with van der Waals surface area (Å²) in [5.41, 5.74) is 1.49. The highest BCUT2D eigenvalue weighted by Crippen LogP contribution is 2.29. The lowest BCUT2D eigenvalue weighted by Gasteiger charge is -2.27. The summed E-state index contributed by atoms with van der Waals surface area (Å²) >= 11 is 1.34. The van der Waals surface area contributed by atoms with E-state index in [-0.39, 0.29) is 35.6 Å². The van der Waals surface area contributed by atoms with Crippen molar-refractivity contribution in [2.24, 2.45) is 10.1 Å². The van der Waals surface area contributed by atoms with Crippen molar-refractivity contribution in [1.82, 2.24) is 10.2 Å². The number of hydrogen-bond acceptors (Lipinski definition) is 7. The summed E-state index contributed by atoms with van der Waals surface area (Å²) in [6.07, 6.45) is 3.33. The average Bonchev–Trinajstić information content (AvgIpc) is 3.22. The maximum Gasteiger partial charge on any atom is 0.262 e. The maximum absolute atomic E-state index is 12.6. The number of primary sulfonamides is 1. The molecule has 0 radical (unpaired) electrons. The number of likely N-dealkylation sites (tertiary alicyclic amines) is 1. The van der Waals surface area contributed by atoms with Crippen LogP contribution in [0.15, 0.2) is 58.4 Å². The molecule has 12 heteroatoms. The molecule has 2 aromatic rings. The first-order valence-corrected chi connectivity index (χ1v) is 14.0. The van der Waals surface area contributed by atoms with E-state index in [2.05, 4.69) is 20.5 Å². The zero-order valence-corrected chi connectivity index (χ0v) is 21.1. The normalized spacial score (nSPS) is 18.0. The Hall–Kier alpha value is -3.22. The van der Waals surface area contributed by atoms with E-state index in [1.54, 1.807) is 36.4 Å². The van der Waals surface area contributed by atoms with E-state index in [0.717, 1.165) is 25.9 Å². The Kier molecular flexibility index (Phi) is 8.07. The van der Waals surface area contributed by atoms with Crippen LogP contribution in [-0.2, 0) is 26.2 Å². The Morgan fingerprint density at radius 1 is 1.08 bits per heavy atom. The van der Waals surface area contributed by atoms with Gasteiger partial charge in [-0.25, -0.2) is 13.6 Å². The van der Waals surface area contributed by atoms with Crippen molar-refractivity contribution in [3.05, 3.63) is 59.7 Å². The Balaban J connectivity index is 1.29. The summed E-state index contributed by atoms with van der Waals surface area (Å²) < 4.78 is 22.7. The van der Waals surface area contributed by atoms with Crippen LogP contribution in [-0.4, -0.2) is 54.5 Å². The third-order valence-electron chi connectivity index (χ3n) is 5.84. The largest absolute Gasteiger partial charge is 0.351 e. The molecule has 2 aliphatic heterocycles. The van der Waals surface area contributed by atoms with E-state index >= 15 is 0 Å². The predicted molar refractivity (Wildman–Crippen MR) is 138 cm³/mol. The van der Waals surface area contributed by atoms with E-state index < -0.39 is 15.3 Å². The van der Waals surface area contributed by atoms with Crippen LogP contribution < -0.4 is 15.8 Å². The minimum atomic E-state index is -3.78. The van der Waals surface area contributed by atoms with E-state index in [1.807, 2.05) is 0 Å². The first-order chi connectivity index (χ1) is 17.2. The number of benzene rings is 2. The van der Waals surface area contributed by atoms with E-state index in [9.17, 15) is 22.8 Å². The highest BCUT2D eigenvalue weighted by molar-refractivity contribution is 8.15. The van der Waals surface area contributed by atoms with Crippen LogP contribution in [0.1, 0.15) is 41.6 Å². The van der Waals surface area contributed by atoms with Gasteiger partial charge in [0.25, 0.3) is 11.8 Å². The van der Waals surface area contributed by atoms with Crippen molar-refractivity contribution < 1.29 is 22.8 Å². The summed E-state index contributed by atoms with van der Waals surface area (Å²) in [6, 6.07) is 12.4. The quantitative estimate of drug-likeness (QED) is 0.497. The molecule has 4 N–H and O–H groups in total. The van der Waals surface area contributed by atoms with Crippen LogP contribution in [0.4, 0.5) is 5.69 Å². The minimum absolute atomic E-state index is 0.00468. The smallest absolute Gasteiger partial charge is 0.262 e. The lowest BCUT2D eigenvalue weighted by molar-refractivity contribution is -0.121.